The van der Waals surface area contributed by atoms with Gasteiger partial charge in [0, 0.05) is 4.88 Å². The molecule has 0 radical (unpaired) electrons. The van der Waals surface area contributed by atoms with Crippen molar-refractivity contribution in [1.82, 2.24) is 0 Å². The fraction of sp³-hybridized carbons (Fsp3) is 0.375. The maximum Gasteiger partial charge on any atom is 0.0888 e. The van der Waals surface area contributed by atoms with E-state index in [1.165, 1.54) is 30.4 Å². The second-order valence-electron chi connectivity index (χ2n) is 5.18. The van der Waals surface area contributed by atoms with E-state index in [2.05, 4.69) is 40.2 Å². The molecule has 1 aromatic heterocycles. The van der Waals surface area contributed by atoms with Gasteiger partial charge in [0.15, 0.2) is 0 Å². The molecule has 0 fully saturated rings. The second-order valence-corrected chi connectivity index (χ2v) is 7.68. The number of hydrogen-bond donors (Lipinski definition) is 1. The quantitative estimate of drug-likeness (QED) is 0.830. The highest BCUT2D eigenvalue weighted by Crippen LogP contribution is 2.39. The molecule has 0 saturated carbocycles. The fourth-order valence-corrected chi connectivity index (χ4v) is 4.41. The topological polar surface area (TPSA) is 20.2 Å². The van der Waals surface area contributed by atoms with Gasteiger partial charge in [-0.3, -0.25) is 0 Å². The van der Waals surface area contributed by atoms with E-state index in [9.17, 15) is 5.11 Å². The molecule has 19 heavy (non-hydrogen) atoms. The van der Waals surface area contributed by atoms with Crippen LogP contribution in [0.4, 0.5) is 0 Å². The molecule has 0 spiro atoms. The van der Waals surface area contributed by atoms with Crippen molar-refractivity contribution in [2.45, 2.75) is 37.7 Å². The van der Waals surface area contributed by atoms with Gasteiger partial charge >= 0.3 is 0 Å². The summed E-state index contributed by atoms with van der Waals surface area (Å²) in [5, 5.41) is 10.4. The van der Waals surface area contributed by atoms with Crippen molar-refractivity contribution >= 4 is 27.3 Å². The molecule has 0 saturated heterocycles. The van der Waals surface area contributed by atoms with Gasteiger partial charge in [-0.05, 0) is 70.8 Å². The SMILES string of the molecule is OC(CC1CCCc2ccccc21)c1ccc(Br)s1. The number of thiophene rings is 1. The van der Waals surface area contributed by atoms with Crippen LogP contribution >= 0.6 is 27.3 Å². The standard InChI is InChI=1S/C16H17BrOS/c17-16-9-8-15(19-16)14(18)10-12-6-3-5-11-4-1-2-7-13(11)12/h1-2,4,7-9,12,14,18H,3,5-6,10H2. The van der Waals surface area contributed by atoms with E-state index >= 15 is 0 Å². The van der Waals surface area contributed by atoms with Crippen molar-refractivity contribution in [2.24, 2.45) is 0 Å². The van der Waals surface area contributed by atoms with Crippen molar-refractivity contribution in [2.75, 3.05) is 0 Å². The van der Waals surface area contributed by atoms with Crippen LogP contribution in [0.2, 0.25) is 0 Å². The van der Waals surface area contributed by atoms with Crippen LogP contribution in [0.5, 0.6) is 0 Å². The molecule has 0 bridgehead atoms. The summed E-state index contributed by atoms with van der Waals surface area (Å²) in [5.41, 5.74) is 2.92. The van der Waals surface area contributed by atoms with Gasteiger partial charge in [-0.25, -0.2) is 0 Å². The van der Waals surface area contributed by atoms with Gasteiger partial charge in [0.2, 0.25) is 0 Å². The lowest BCUT2D eigenvalue weighted by Crippen LogP contribution is -2.12. The van der Waals surface area contributed by atoms with Crippen LogP contribution in [-0.4, -0.2) is 5.11 Å². The number of aryl methyl sites for hydroxylation is 1. The highest BCUT2D eigenvalue weighted by Gasteiger charge is 2.23. The smallest absolute Gasteiger partial charge is 0.0888 e. The molecule has 2 aromatic rings. The number of hydrogen-bond acceptors (Lipinski definition) is 2. The highest BCUT2D eigenvalue weighted by atomic mass is 79.9. The number of aliphatic hydroxyl groups excluding tert-OH is 1. The summed E-state index contributed by atoms with van der Waals surface area (Å²) < 4.78 is 1.09. The second kappa shape index (κ2) is 5.78. The molecule has 3 rings (SSSR count). The first-order valence-electron chi connectivity index (χ1n) is 6.75. The lowest BCUT2D eigenvalue weighted by Gasteiger charge is -2.27. The molecule has 1 aromatic carbocycles. The van der Waals surface area contributed by atoms with E-state index in [0.29, 0.717) is 5.92 Å². The fourth-order valence-electron chi connectivity index (χ4n) is 2.99. The third-order valence-electron chi connectivity index (χ3n) is 3.92. The molecule has 2 atom stereocenters. The van der Waals surface area contributed by atoms with Gasteiger partial charge in [0.1, 0.15) is 0 Å². The summed E-state index contributed by atoms with van der Waals surface area (Å²) in [6.45, 7) is 0. The molecule has 1 heterocycles. The molecule has 3 heteroatoms. The zero-order chi connectivity index (χ0) is 13.2. The van der Waals surface area contributed by atoms with Crippen molar-refractivity contribution in [3.05, 3.63) is 56.2 Å². The minimum absolute atomic E-state index is 0.340. The van der Waals surface area contributed by atoms with E-state index in [0.717, 1.165) is 15.1 Å². The van der Waals surface area contributed by atoms with Gasteiger partial charge in [-0.15, -0.1) is 11.3 Å². The predicted octanol–water partition coefficient (Wildman–Crippen LogP) is 5.05. The monoisotopic (exact) mass is 336 g/mol. The van der Waals surface area contributed by atoms with Crippen LogP contribution in [0.3, 0.4) is 0 Å². The number of benzene rings is 1. The Morgan fingerprint density at radius 1 is 1.26 bits per heavy atom. The average molecular weight is 337 g/mol. The predicted molar refractivity (Wildman–Crippen MR) is 83.7 cm³/mol. The summed E-state index contributed by atoms with van der Waals surface area (Å²) in [5.74, 6) is 0.501. The molecule has 1 nitrogen and oxygen atoms in total. The first-order valence-corrected chi connectivity index (χ1v) is 8.36. The lowest BCUT2D eigenvalue weighted by atomic mass is 9.80. The Kier molecular flexibility index (Phi) is 4.06. The highest BCUT2D eigenvalue weighted by molar-refractivity contribution is 9.11. The molecular formula is C16H17BrOS. The van der Waals surface area contributed by atoms with Gasteiger partial charge < -0.3 is 5.11 Å². The summed E-state index contributed by atoms with van der Waals surface area (Å²) >= 11 is 5.09. The summed E-state index contributed by atoms with van der Waals surface area (Å²) in [6, 6.07) is 12.7. The molecule has 1 aliphatic rings. The van der Waals surface area contributed by atoms with Crippen LogP contribution in [0, 0.1) is 0 Å². The molecule has 0 amide bonds. The maximum absolute atomic E-state index is 10.4. The first kappa shape index (κ1) is 13.3. The van der Waals surface area contributed by atoms with E-state index in [-0.39, 0.29) is 6.10 Å². The normalized spacial score (nSPS) is 20.0. The van der Waals surface area contributed by atoms with E-state index in [1.807, 2.05) is 12.1 Å². The van der Waals surface area contributed by atoms with Gasteiger partial charge in [-0.2, -0.15) is 0 Å². The lowest BCUT2D eigenvalue weighted by molar-refractivity contribution is 0.157. The Bertz CT molecular complexity index is 563. The summed E-state index contributed by atoms with van der Waals surface area (Å²) in [6.07, 6.45) is 4.12. The van der Waals surface area contributed by atoms with Gasteiger partial charge in [0.05, 0.1) is 9.89 Å². The number of rotatable bonds is 3. The number of aliphatic hydroxyl groups is 1. The molecule has 2 unspecified atom stereocenters. The van der Waals surface area contributed by atoms with Crippen molar-refractivity contribution in [3.8, 4) is 0 Å². The van der Waals surface area contributed by atoms with Gasteiger partial charge in [-0.1, -0.05) is 24.3 Å². The maximum atomic E-state index is 10.4. The zero-order valence-corrected chi connectivity index (χ0v) is 13.1. The molecule has 1 aliphatic carbocycles. The third-order valence-corrected chi connectivity index (χ3v) is 5.65. The Hall–Kier alpha value is -0.640. The Labute approximate surface area is 126 Å². The van der Waals surface area contributed by atoms with E-state index in [1.54, 1.807) is 11.3 Å². The first-order chi connectivity index (χ1) is 9.24. The third kappa shape index (κ3) is 2.93. The summed E-state index contributed by atoms with van der Waals surface area (Å²) in [7, 11) is 0. The Balaban J connectivity index is 1.77. The Morgan fingerprint density at radius 2 is 2.11 bits per heavy atom. The van der Waals surface area contributed by atoms with Crippen molar-refractivity contribution in [1.29, 1.82) is 0 Å². The average Bonchev–Trinajstić information content (AvgIpc) is 2.86. The van der Waals surface area contributed by atoms with Crippen LogP contribution in [-0.2, 0) is 6.42 Å². The van der Waals surface area contributed by atoms with Crippen LogP contribution in [0.1, 0.15) is 47.3 Å². The molecule has 100 valence electrons. The van der Waals surface area contributed by atoms with Gasteiger partial charge in [0.25, 0.3) is 0 Å². The number of fused-ring (bicyclic) bond motifs is 1. The Morgan fingerprint density at radius 3 is 2.89 bits per heavy atom. The molecular weight excluding hydrogens is 320 g/mol. The van der Waals surface area contributed by atoms with E-state index in [4.69, 9.17) is 0 Å². The van der Waals surface area contributed by atoms with E-state index < -0.39 is 0 Å². The van der Waals surface area contributed by atoms with Crippen molar-refractivity contribution < 1.29 is 5.11 Å². The number of halogens is 1. The molecule has 1 N–H and O–H groups in total. The minimum Gasteiger partial charge on any atom is -0.388 e. The summed E-state index contributed by atoms with van der Waals surface area (Å²) in [4.78, 5) is 1.06. The van der Waals surface area contributed by atoms with Crippen LogP contribution < -0.4 is 0 Å². The minimum atomic E-state index is -0.340. The largest absolute Gasteiger partial charge is 0.388 e. The zero-order valence-electron chi connectivity index (χ0n) is 10.7. The van der Waals surface area contributed by atoms with Crippen molar-refractivity contribution in [3.63, 3.8) is 0 Å². The van der Waals surface area contributed by atoms with Crippen LogP contribution in [0.25, 0.3) is 0 Å². The van der Waals surface area contributed by atoms with Crippen LogP contribution in [0.15, 0.2) is 40.2 Å². The molecule has 0 aliphatic heterocycles.